The summed E-state index contributed by atoms with van der Waals surface area (Å²) >= 11 is 0. The highest BCUT2D eigenvalue weighted by molar-refractivity contribution is 7.85. The number of rotatable bonds is 5. The molecule has 0 bridgehead atoms. The molecule has 112 valence electrons. The Hall–Kier alpha value is -1.60. The van der Waals surface area contributed by atoms with Crippen molar-refractivity contribution in [1.82, 2.24) is 0 Å². The lowest BCUT2D eigenvalue weighted by Gasteiger charge is -2.21. The van der Waals surface area contributed by atoms with Gasteiger partial charge in [0.25, 0.3) is 10.1 Å². The Morgan fingerprint density at radius 3 is 2.20 bits per heavy atom. The van der Waals surface area contributed by atoms with Crippen LogP contribution < -0.4 is 4.74 Å². The smallest absolute Gasteiger partial charge is 0.338 e. The van der Waals surface area contributed by atoms with Crippen molar-refractivity contribution in [2.24, 2.45) is 0 Å². The van der Waals surface area contributed by atoms with Crippen LogP contribution in [-0.2, 0) is 14.9 Å². The lowest BCUT2D eigenvalue weighted by molar-refractivity contribution is 0.0528. The molecule has 1 aromatic rings. The zero-order valence-electron chi connectivity index (χ0n) is 11.6. The summed E-state index contributed by atoms with van der Waals surface area (Å²) in [5.74, 6) is -0.660. The largest absolute Gasteiger partial charge is 0.488 e. The van der Waals surface area contributed by atoms with Crippen LogP contribution in [0.2, 0.25) is 0 Å². The molecule has 0 amide bonds. The van der Waals surface area contributed by atoms with Crippen LogP contribution in [0, 0.1) is 0 Å². The Bertz CT molecular complexity index is 554. The van der Waals surface area contributed by atoms with Crippen molar-refractivity contribution in [2.75, 3.05) is 12.4 Å². The number of carbonyl (C=O) groups excluding carboxylic acids is 1. The molecule has 1 rings (SSSR count). The summed E-state index contributed by atoms with van der Waals surface area (Å²) in [4.78, 5) is 11.6. The van der Waals surface area contributed by atoms with E-state index in [1.807, 2.05) is 20.8 Å². The molecule has 0 aliphatic carbocycles. The highest BCUT2D eigenvalue weighted by Crippen LogP contribution is 2.18. The number of carbonyl (C=O) groups is 1. The van der Waals surface area contributed by atoms with Gasteiger partial charge < -0.3 is 9.47 Å². The maximum Gasteiger partial charge on any atom is 0.338 e. The van der Waals surface area contributed by atoms with Gasteiger partial charge in [-0.1, -0.05) is 0 Å². The Kier molecular flexibility index (Phi) is 5.13. The molecule has 0 atom stereocenters. The van der Waals surface area contributed by atoms with Gasteiger partial charge >= 0.3 is 5.97 Å². The molecule has 0 aromatic heterocycles. The topological polar surface area (TPSA) is 89.9 Å². The predicted molar refractivity (Wildman–Crippen MR) is 73.5 cm³/mol. The fourth-order valence-corrected chi connectivity index (χ4v) is 1.63. The van der Waals surface area contributed by atoms with E-state index in [1.165, 1.54) is 12.1 Å². The van der Waals surface area contributed by atoms with E-state index in [4.69, 9.17) is 14.0 Å². The van der Waals surface area contributed by atoms with Gasteiger partial charge in [-0.25, -0.2) is 4.79 Å². The van der Waals surface area contributed by atoms with Gasteiger partial charge in [0.05, 0.1) is 5.56 Å². The molecule has 0 heterocycles. The fourth-order valence-electron chi connectivity index (χ4n) is 1.34. The second kappa shape index (κ2) is 6.23. The zero-order valence-corrected chi connectivity index (χ0v) is 12.4. The van der Waals surface area contributed by atoms with Crippen molar-refractivity contribution in [3.8, 4) is 5.75 Å². The van der Waals surface area contributed by atoms with Gasteiger partial charge in [0, 0.05) is 0 Å². The summed E-state index contributed by atoms with van der Waals surface area (Å²) in [6.45, 7) is 5.33. The molecule has 6 nitrogen and oxygen atoms in total. The second-order valence-corrected chi connectivity index (χ2v) is 6.73. The summed E-state index contributed by atoms with van der Waals surface area (Å²) in [6.07, 6.45) is 0. The maximum atomic E-state index is 11.6. The van der Waals surface area contributed by atoms with Crippen molar-refractivity contribution in [2.45, 2.75) is 26.4 Å². The normalized spacial score (nSPS) is 12.0. The van der Waals surface area contributed by atoms with Crippen LogP contribution in [0.25, 0.3) is 0 Å². The summed E-state index contributed by atoms with van der Waals surface area (Å²) in [6, 6.07) is 6.31. The minimum absolute atomic E-state index is 0.279. The van der Waals surface area contributed by atoms with E-state index in [1.54, 1.807) is 12.1 Å². The molecule has 0 radical (unpaired) electrons. The third-order valence-corrected chi connectivity index (χ3v) is 2.77. The molecule has 0 saturated carbocycles. The fraction of sp³-hybridized carbons (Fsp3) is 0.462. The number of hydrogen-bond acceptors (Lipinski definition) is 5. The zero-order chi connectivity index (χ0) is 15.4. The van der Waals surface area contributed by atoms with E-state index >= 15 is 0 Å². The molecule has 0 unspecified atom stereocenters. The first-order chi connectivity index (χ1) is 9.07. The van der Waals surface area contributed by atoms with Crippen molar-refractivity contribution in [3.05, 3.63) is 29.8 Å². The Morgan fingerprint density at radius 1 is 1.20 bits per heavy atom. The van der Waals surface area contributed by atoms with E-state index in [-0.39, 0.29) is 11.2 Å². The van der Waals surface area contributed by atoms with Gasteiger partial charge in [0.2, 0.25) is 0 Å². The monoisotopic (exact) mass is 302 g/mol. The van der Waals surface area contributed by atoms with Crippen LogP contribution in [0.15, 0.2) is 24.3 Å². The maximum absolute atomic E-state index is 11.6. The molecule has 0 aliphatic heterocycles. The summed E-state index contributed by atoms with van der Waals surface area (Å²) in [7, 11) is -4.13. The minimum Gasteiger partial charge on any atom is -0.488 e. The average molecular weight is 302 g/mol. The summed E-state index contributed by atoms with van der Waals surface area (Å²) in [5, 5.41) is 0. The van der Waals surface area contributed by atoms with Gasteiger partial charge in [0.15, 0.2) is 0 Å². The van der Waals surface area contributed by atoms with E-state index in [2.05, 4.69) is 0 Å². The number of benzene rings is 1. The molecular formula is C13H18O6S. The van der Waals surface area contributed by atoms with Crippen LogP contribution in [0.4, 0.5) is 0 Å². The first kappa shape index (κ1) is 16.5. The summed E-state index contributed by atoms with van der Waals surface area (Å²) in [5.41, 5.74) is -0.0565. The van der Waals surface area contributed by atoms with Gasteiger partial charge in [0.1, 0.15) is 23.7 Å². The van der Waals surface area contributed by atoms with Crippen LogP contribution >= 0.6 is 0 Å². The standard InChI is InChI=1S/C13H18O6S/c1-13(2,3)19-11-6-4-10(5-7-11)12(14)18-8-9-20(15,16)17/h4-7H,8-9H2,1-3H3,(H,15,16,17). The third-order valence-electron chi connectivity index (χ3n) is 2.09. The molecule has 0 aliphatic rings. The molecule has 20 heavy (non-hydrogen) atoms. The van der Waals surface area contributed by atoms with E-state index in [0.29, 0.717) is 5.75 Å². The van der Waals surface area contributed by atoms with Gasteiger partial charge in [-0.2, -0.15) is 8.42 Å². The first-order valence-corrected chi connectivity index (χ1v) is 7.59. The lowest BCUT2D eigenvalue weighted by Crippen LogP contribution is -2.22. The quantitative estimate of drug-likeness (QED) is 0.660. The number of hydrogen-bond donors (Lipinski definition) is 1. The van der Waals surface area contributed by atoms with E-state index in [0.717, 1.165) is 0 Å². The SMILES string of the molecule is CC(C)(C)Oc1ccc(C(=O)OCCS(=O)(=O)O)cc1. The number of ether oxygens (including phenoxy) is 2. The van der Waals surface area contributed by atoms with Gasteiger partial charge in [-0.15, -0.1) is 0 Å². The van der Waals surface area contributed by atoms with Crippen molar-refractivity contribution in [3.63, 3.8) is 0 Å². The Morgan fingerprint density at radius 2 is 1.75 bits per heavy atom. The van der Waals surface area contributed by atoms with Crippen LogP contribution in [0.5, 0.6) is 5.75 Å². The van der Waals surface area contributed by atoms with Gasteiger partial charge in [-0.3, -0.25) is 4.55 Å². The Balaban J connectivity index is 2.58. The summed E-state index contributed by atoms with van der Waals surface area (Å²) < 4.78 is 39.8. The second-order valence-electron chi connectivity index (χ2n) is 5.16. The molecular weight excluding hydrogens is 284 g/mol. The van der Waals surface area contributed by atoms with E-state index < -0.39 is 28.4 Å². The third kappa shape index (κ3) is 6.53. The van der Waals surface area contributed by atoms with Crippen molar-refractivity contribution in [1.29, 1.82) is 0 Å². The van der Waals surface area contributed by atoms with Gasteiger partial charge in [-0.05, 0) is 45.0 Å². The molecule has 0 spiro atoms. The Labute approximate surface area is 118 Å². The van der Waals surface area contributed by atoms with Crippen molar-refractivity contribution >= 4 is 16.1 Å². The molecule has 0 fully saturated rings. The van der Waals surface area contributed by atoms with Crippen LogP contribution in [0.3, 0.4) is 0 Å². The molecule has 1 N–H and O–H groups in total. The van der Waals surface area contributed by atoms with Crippen LogP contribution in [-0.4, -0.2) is 36.9 Å². The highest BCUT2D eigenvalue weighted by atomic mass is 32.2. The number of esters is 1. The lowest BCUT2D eigenvalue weighted by atomic mass is 10.2. The molecule has 7 heteroatoms. The highest BCUT2D eigenvalue weighted by Gasteiger charge is 2.13. The molecule has 1 aromatic carbocycles. The minimum atomic E-state index is -4.13. The average Bonchev–Trinajstić information content (AvgIpc) is 2.25. The predicted octanol–water partition coefficient (Wildman–Crippen LogP) is 1.91. The first-order valence-electron chi connectivity index (χ1n) is 5.98. The molecule has 0 saturated heterocycles. The van der Waals surface area contributed by atoms with E-state index in [9.17, 15) is 13.2 Å². The van der Waals surface area contributed by atoms with Crippen LogP contribution in [0.1, 0.15) is 31.1 Å². The van der Waals surface area contributed by atoms with Crippen molar-refractivity contribution < 1.29 is 27.2 Å².